The first-order valence-corrected chi connectivity index (χ1v) is 10.2. The zero-order chi connectivity index (χ0) is 19.3. The Balaban J connectivity index is 1.60. The van der Waals surface area contributed by atoms with Crippen LogP contribution in [0, 0.1) is 0 Å². The standard InChI is InChI=1S/C18H16N6O2S2/c1-26-14-6-4-5-13(11-14)16-21-22-18(24(16)23-8-2-3-9-23)28-12-15(25)20-17-19-7-10-27-17/h2-11H,12H2,1H3,(H,19,20,25). The third kappa shape index (κ3) is 3.92. The highest BCUT2D eigenvalue weighted by Gasteiger charge is 2.17. The third-order valence-electron chi connectivity index (χ3n) is 3.77. The molecule has 3 aromatic heterocycles. The van der Waals surface area contributed by atoms with Gasteiger partial charge in [0.2, 0.25) is 11.1 Å². The van der Waals surface area contributed by atoms with Crippen molar-refractivity contribution < 1.29 is 9.53 Å². The van der Waals surface area contributed by atoms with Crippen LogP contribution in [-0.4, -0.2) is 43.3 Å². The van der Waals surface area contributed by atoms with Gasteiger partial charge in [0.1, 0.15) is 5.75 Å². The first kappa shape index (κ1) is 18.3. The fourth-order valence-corrected chi connectivity index (χ4v) is 3.81. The van der Waals surface area contributed by atoms with Crippen LogP contribution in [0.3, 0.4) is 0 Å². The molecular formula is C18H16N6O2S2. The van der Waals surface area contributed by atoms with Crippen molar-refractivity contribution in [1.82, 2.24) is 24.5 Å². The molecule has 4 rings (SSSR count). The van der Waals surface area contributed by atoms with Gasteiger partial charge in [-0.25, -0.2) is 9.66 Å². The summed E-state index contributed by atoms with van der Waals surface area (Å²) in [6.45, 7) is 0. The van der Waals surface area contributed by atoms with Crippen LogP contribution in [0.1, 0.15) is 0 Å². The second-order valence-electron chi connectivity index (χ2n) is 5.59. The fourth-order valence-electron chi connectivity index (χ4n) is 2.54. The van der Waals surface area contributed by atoms with E-state index in [-0.39, 0.29) is 11.7 Å². The zero-order valence-electron chi connectivity index (χ0n) is 14.8. The SMILES string of the molecule is COc1cccc(-c2nnc(SCC(=O)Nc3nccs3)n2-n2cccc2)c1. The minimum atomic E-state index is -0.148. The van der Waals surface area contributed by atoms with E-state index >= 15 is 0 Å². The van der Waals surface area contributed by atoms with Gasteiger partial charge in [0, 0.05) is 29.5 Å². The second-order valence-corrected chi connectivity index (χ2v) is 7.42. The van der Waals surface area contributed by atoms with Crippen molar-refractivity contribution in [3.8, 4) is 17.1 Å². The van der Waals surface area contributed by atoms with Gasteiger partial charge < -0.3 is 10.1 Å². The Morgan fingerprint density at radius 3 is 2.86 bits per heavy atom. The van der Waals surface area contributed by atoms with Crippen LogP contribution in [0.2, 0.25) is 0 Å². The van der Waals surface area contributed by atoms with Crippen molar-refractivity contribution in [2.24, 2.45) is 0 Å². The summed E-state index contributed by atoms with van der Waals surface area (Å²) < 4.78 is 9.04. The molecule has 0 atom stereocenters. The van der Waals surface area contributed by atoms with E-state index in [4.69, 9.17) is 4.74 Å². The van der Waals surface area contributed by atoms with Crippen molar-refractivity contribution in [2.75, 3.05) is 18.2 Å². The predicted octanol–water partition coefficient (Wildman–Crippen LogP) is 3.25. The highest BCUT2D eigenvalue weighted by atomic mass is 32.2. The minimum absolute atomic E-state index is 0.148. The summed E-state index contributed by atoms with van der Waals surface area (Å²) in [5, 5.41) is 14.4. The lowest BCUT2D eigenvalue weighted by atomic mass is 10.2. The number of hydrogen-bond donors (Lipinski definition) is 1. The van der Waals surface area contributed by atoms with E-state index in [1.54, 1.807) is 13.3 Å². The summed E-state index contributed by atoms with van der Waals surface area (Å²) in [6, 6.07) is 11.4. The molecule has 1 N–H and O–H groups in total. The average molecular weight is 412 g/mol. The summed E-state index contributed by atoms with van der Waals surface area (Å²) in [5.74, 6) is 1.43. The number of thioether (sulfide) groups is 1. The molecule has 0 bridgehead atoms. The third-order valence-corrected chi connectivity index (χ3v) is 5.38. The molecule has 28 heavy (non-hydrogen) atoms. The molecule has 0 spiro atoms. The van der Waals surface area contributed by atoms with E-state index in [9.17, 15) is 4.79 Å². The molecule has 0 aliphatic rings. The van der Waals surface area contributed by atoms with Crippen molar-refractivity contribution in [3.05, 3.63) is 60.4 Å². The number of carbonyl (C=O) groups excluding carboxylic acids is 1. The summed E-state index contributed by atoms with van der Waals surface area (Å²) in [4.78, 5) is 16.3. The highest BCUT2D eigenvalue weighted by Crippen LogP contribution is 2.27. The number of nitrogens with zero attached hydrogens (tertiary/aromatic N) is 5. The number of rotatable bonds is 7. The summed E-state index contributed by atoms with van der Waals surface area (Å²) >= 11 is 2.68. The van der Waals surface area contributed by atoms with Crippen molar-refractivity contribution >= 4 is 34.1 Å². The van der Waals surface area contributed by atoms with Crippen LogP contribution in [0.25, 0.3) is 11.4 Å². The summed E-state index contributed by atoms with van der Waals surface area (Å²) in [7, 11) is 1.62. The number of hydrogen-bond acceptors (Lipinski definition) is 7. The van der Waals surface area contributed by atoms with E-state index in [1.165, 1.54) is 23.1 Å². The van der Waals surface area contributed by atoms with Gasteiger partial charge >= 0.3 is 0 Å². The van der Waals surface area contributed by atoms with E-state index in [0.717, 1.165) is 11.3 Å². The van der Waals surface area contributed by atoms with Crippen LogP contribution in [0.4, 0.5) is 5.13 Å². The van der Waals surface area contributed by atoms with Gasteiger partial charge in [-0.2, -0.15) is 0 Å². The molecule has 0 aliphatic carbocycles. The van der Waals surface area contributed by atoms with Crippen molar-refractivity contribution in [1.29, 1.82) is 0 Å². The van der Waals surface area contributed by atoms with Crippen LogP contribution in [0.15, 0.2) is 65.5 Å². The fraction of sp³-hybridized carbons (Fsp3) is 0.111. The normalized spacial score (nSPS) is 10.8. The first-order valence-electron chi connectivity index (χ1n) is 8.30. The Bertz CT molecular complexity index is 1060. The number of amides is 1. The quantitative estimate of drug-likeness (QED) is 0.469. The number of methoxy groups -OCH3 is 1. The molecule has 0 unspecified atom stereocenters. The molecule has 0 saturated carbocycles. The van der Waals surface area contributed by atoms with Gasteiger partial charge in [0.15, 0.2) is 11.0 Å². The van der Waals surface area contributed by atoms with Crippen LogP contribution in [0.5, 0.6) is 5.75 Å². The van der Waals surface area contributed by atoms with E-state index in [2.05, 4.69) is 20.5 Å². The lowest BCUT2D eigenvalue weighted by Gasteiger charge is -2.11. The second kappa shape index (κ2) is 8.28. The lowest BCUT2D eigenvalue weighted by molar-refractivity contribution is -0.113. The minimum Gasteiger partial charge on any atom is -0.497 e. The van der Waals surface area contributed by atoms with Crippen LogP contribution < -0.4 is 10.1 Å². The Kier molecular flexibility index (Phi) is 5.40. The lowest BCUT2D eigenvalue weighted by Crippen LogP contribution is -2.15. The largest absolute Gasteiger partial charge is 0.497 e. The average Bonchev–Trinajstić information content (AvgIpc) is 3.47. The van der Waals surface area contributed by atoms with E-state index < -0.39 is 0 Å². The number of nitrogens with one attached hydrogen (secondary N) is 1. The molecule has 0 saturated heterocycles. The van der Waals surface area contributed by atoms with Crippen molar-refractivity contribution in [2.45, 2.75) is 5.16 Å². The molecule has 1 aromatic carbocycles. The van der Waals surface area contributed by atoms with E-state index in [0.29, 0.717) is 16.1 Å². The van der Waals surface area contributed by atoms with E-state index in [1.807, 2.05) is 63.5 Å². The van der Waals surface area contributed by atoms with Crippen molar-refractivity contribution in [3.63, 3.8) is 0 Å². The Morgan fingerprint density at radius 2 is 2.11 bits per heavy atom. The molecule has 142 valence electrons. The molecule has 10 heteroatoms. The van der Waals surface area contributed by atoms with Gasteiger partial charge in [-0.3, -0.25) is 9.47 Å². The Morgan fingerprint density at radius 1 is 1.25 bits per heavy atom. The van der Waals surface area contributed by atoms with Gasteiger partial charge in [-0.1, -0.05) is 23.9 Å². The number of benzene rings is 1. The summed E-state index contributed by atoms with van der Waals surface area (Å²) in [6.07, 6.45) is 5.44. The summed E-state index contributed by atoms with van der Waals surface area (Å²) in [5.41, 5.74) is 0.861. The highest BCUT2D eigenvalue weighted by molar-refractivity contribution is 7.99. The zero-order valence-corrected chi connectivity index (χ0v) is 16.5. The number of aromatic nitrogens is 5. The number of thiazole rings is 1. The topological polar surface area (TPSA) is 86.9 Å². The molecule has 0 radical (unpaired) electrons. The van der Waals surface area contributed by atoms with Gasteiger partial charge in [0.25, 0.3) is 0 Å². The van der Waals surface area contributed by atoms with Gasteiger partial charge in [-0.05, 0) is 24.3 Å². The van der Waals surface area contributed by atoms with Gasteiger partial charge in [-0.15, -0.1) is 21.5 Å². The monoisotopic (exact) mass is 412 g/mol. The molecular weight excluding hydrogens is 396 g/mol. The molecule has 4 aromatic rings. The molecule has 8 nitrogen and oxygen atoms in total. The number of ether oxygens (including phenoxy) is 1. The maximum Gasteiger partial charge on any atom is 0.236 e. The number of carbonyl (C=O) groups is 1. The van der Waals surface area contributed by atoms with Gasteiger partial charge in [0.05, 0.1) is 12.9 Å². The molecule has 1 amide bonds. The maximum absolute atomic E-state index is 12.2. The predicted molar refractivity (Wildman–Crippen MR) is 109 cm³/mol. The first-order chi connectivity index (χ1) is 13.7. The molecule has 0 aliphatic heterocycles. The smallest absolute Gasteiger partial charge is 0.236 e. The van der Waals surface area contributed by atoms with Crippen LogP contribution >= 0.6 is 23.1 Å². The van der Waals surface area contributed by atoms with Crippen LogP contribution in [-0.2, 0) is 4.79 Å². The Hall–Kier alpha value is -3.11. The molecule has 0 fully saturated rings. The maximum atomic E-state index is 12.2. The number of anilines is 1. The Labute approximate surface area is 169 Å². The molecule has 3 heterocycles.